The molecule has 0 unspecified atom stereocenters. The average Bonchev–Trinajstić information content (AvgIpc) is 2.72. The number of rotatable bonds is 17. The van der Waals surface area contributed by atoms with Gasteiger partial charge in [0.05, 0.1) is 0 Å². The van der Waals surface area contributed by atoms with E-state index in [4.69, 9.17) is 11.7 Å². The van der Waals surface area contributed by atoms with E-state index < -0.39 is 5.97 Å². The minimum absolute atomic E-state index is 0. The Balaban J connectivity index is -0.000000611. The van der Waals surface area contributed by atoms with Crippen molar-refractivity contribution in [3.63, 3.8) is 0 Å². The van der Waals surface area contributed by atoms with Gasteiger partial charge in [-0.15, -0.1) is 12.1 Å². The van der Waals surface area contributed by atoms with Crippen LogP contribution >= 0.6 is 0 Å². The summed E-state index contributed by atoms with van der Waals surface area (Å²) in [4.78, 5) is 10.3. The molecule has 0 bridgehead atoms. The van der Waals surface area contributed by atoms with E-state index >= 15 is 0 Å². The van der Waals surface area contributed by atoms with Crippen LogP contribution in [0.4, 0.5) is 0 Å². The molecule has 3 N–H and O–H groups in total. The van der Waals surface area contributed by atoms with Crippen molar-refractivity contribution < 1.29 is 37.1 Å². The first kappa shape index (κ1) is 33.7. The number of carbonyl (C=O) groups is 1. The van der Waals surface area contributed by atoms with Gasteiger partial charge in [-0.25, -0.2) is 6.08 Å². The Bertz CT molecular complexity index is 463. The van der Waals surface area contributed by atoms with Crippen LogP contribution in [0.25, 0.3) is 6.08 Å². The maximum absolute atomic E-state index is 10.3. The molecule has 1 aromatic carbocycles. The molecule has 0 atom stereocenters. The number of carboxylic acids is 1. The second-order valence-electron chi connectivity index (χ2n) is 7.67. The Morgan fingerprint density at radius 3 is 1.43 bits per heavy atom. The van der Waals surface area contributed by atoms with Crippen LogP contribution in [-0.2, 0) is 26.5 Å². The second kappa shape index (κ2) is 28.1. The quantitative estimate of drug-likeness (QED) is 0.150. The SMILES string of the molecule is CCCCCCCCCCCCCCCCCC(=O)O.O.[CH-]=Cc1ccccc1.[Ti]. The van der Waals surface area contributed by atoms with Gasteiger partial charge in [0.2, 0.25) is 0 Å². The molecule has 0 aliphatic rings. The molecule has 0 saturated heterocycles. The van der Waals surface area contributed by atoms with Crippen LogP contribution in [0.5, 0.6) is 0 Å². The summed E-state index contributed by atoms with van der Waals surface area (Å²) < 4.78 is 0. The number of unbranched alkanes of at least 4 members (excludes halogenated alkanes) is 14. The minimum atomic E-state index is -0.653. The summed E-state index contributed by atoms with van der Waals surface area (Å²) in [6.07, 6.45) is 21.8. The zero-order valence-electron chi connectivity index (χ0n) is 19.2. The van der Waals surface area contributed by atoms with Crippen molar-refractivity contribution in [3.8, 4) is 0 Å². The molecule has 4 heteroatoms. The topological polar surface area (TPSA) is 68.8 Å². The van der Waals surface area contributed by atoms with Crippen molar-refractivity contribution in [1.82, 2.24) is 0 Å². The summed E-state index contributed by atoms with van der Waals surface area (Å²) in [5, 5.41) is 8.52. The fourth-order valence-corrected chi connectivity index (χ4v) is 3.21. The first-order chi connectivity index (χ1) is 13.7. The van der Waals surface area contributed by atoms with Gasteiger partial charge in [0.1, 0.15) is 0 Å². The van der Waals surface area contributed by atoms with E-state index in [0.717, 1.165) is 18.4 Å². The zero-order valence-corrected chi connectivity index (χ0v) is 20.8. The predicted octanol–water partition coefficient (Wildman–Crippen LogP) is 7.64. The largest absolute Gasteiger partial charge is 0.481 e. The predicted molar refractivity (Wildman–Crippen MR) is 126 cm³/mol. The third-order valence-corrected chi connectivity index (χ3v) is 4.99. The maximum atomic E-state index is 10.3. The molecule has 1 rings (SSSR count). The molecule has 3 nitrogen and oxygen atoms in total. The Hall–Kier alpha value is -0.896. The Morgan fingerprint density at radius 2 is 1.13 bits per heavy atom. The van der Waals surface area contributed by atoms with Crippen LogP contribution < -0.4 is 0 Å². The zero-order chi connectivity index (χ0) is 20.7. The van der Waals surface area contributed by atoms with E-state index in [9.17, 15) is 4.79 Å². The molecular weight excluding hydrogens is 408 g/mol. The molecule has 0 aliphatic carbocycles. The van der Waals surface area contributed by atoms with Crippen LogP contribution in [0.1, 0.15) is 115 Å². The summed E-state index contributed by atoms with van der Waals surface area (Å²) in [7, 11) is 0. The summed E-state index contributed by atoms with van der Waals surface area (Å²) >= 11 is 0. The first-order valence-corrected chi connectivity index (χ1v) is 11.5. The first-order valence-electron chi connectivity index (χ1n) is 11.5. The van der Waals surface area contributed by atoms with E-state index in [2.05, 4.69) is 6.92 Å². The number of carboxylic acid groups (broad SMARTS) is 1. The average molecular weight is 454 g/mol. The Morgan fingerprint density at radius 1 is 0.767 bits per heavy atom. The molecule has 0 radical (unpaired) electrons. The van der Waals surface area contributed by atoms with E-state index in [1.165, 1.54) is 83.5 Å². The molecule has 1 aromatic rings. The molecule has 172 valence electrons. The van der Waals surface area contributed by atoms with E-state index in [-0.39, 0.29) is 27.2 Å². The van der Waals surface area contributed by atoms with Crippen LogP contribution in [0, 0.1) is 6.58 Å². The van der Waals surface area contributed by atoms with Crippen molar-refractivity contribution in [2.45, 2.75) is 110 Å². The van der Waals surface area contributed by atoms with E-state index in [1.807, 2.05) is 30.3 Å². The fourth-order valence-electron chi connectivity index (χ4n) is 3.21. The van der Waals surface area contributed by atoms with Crippen LogP contribution in [0.3, 0.4) is 0 Å². The van der Waals surface area contributed by atoms with Gasteiger partial charge < -0.3 is 10.6 Å². The van der Waals surface area contributed by atoms with Gasteiger partial charge >= 0.3 is 5.97 Å². The van der Waals surface area contributed by atoms with Crippen molar-refractivity contribution in [1.29, 1.82) is 0 Å². The molecular formula is C26H45O3Ti-. The smallest absolute Gasteiger partial charge is 0.303 e. The van der Waals surface area contributed by atoms with Gasteiger partial charge in [0.25, 0.3) is 0 Å². The number of aliphatic carboxylic acids is 1. The summed E-state index contributed by atoms with van der Waals surface area (Å²) in [5.41, 5.74) is 1.06. The van der Waals surface area contributed by atoms with Gasteiger partial charge in [-0.05, 0) is 6.42 Å². The Kier molecular flexibility index (Phi) is 31.6. The van der Waals surface area contributed by atoms with E-state index in [1.54, 1.807) is 6.08 Å². The summed E-state index contributed by atoms with van der Waals surface area (Å²) in [6, 6.07) is 9.80. The molecule has 0 fully saturated rings. The normalized spacial score (nSPS) is 9.50. The van der Waals surface area contributed by atoms with E-state index in [0.29, 0.717) is 6.42 Å². The van der Waals surface area contributed by atoms with Gasteiger partial charge in [0.15, 0.2) is 0 Å². The fraction of sp³-hybridized carbons (Fsp3) is 0.654. The Labute approximate surface area is 200 Å². The molecule has 30 heavy (non-hydrogen) atoms. The summed E-state index contributed by atoms with van der Waals surface area (Å²) in [5.74, 6) is -0.653. The van der Waals surface area contributed by atoms with Crippen molar-refractivity contribution in [2.75, 3.05) is 0 Å². The van der Waals surface area contributed by atoms with Gasteiger partial charge in [0, 0.05) is 28.1 Å². The standard InChI is InChI=1S/C18H36O2.C8H7.H2O.Ti/c1-2-3-4-5-6-7-8-9-10-11-12-13-14-15-16-17-18(19)20;1-2-8-6-4-3-5-7-8;;/h2-17H2,1H3,(H,19,20);1-7H;1H2;/q;-1;;. The van der Waals surface area contributed by atoms with Crippen molar-refractivity contribution in [3.05, 3.63) is 42.5 Å². The third kappa shape index (κ3) is 27.1. The molecule has 0 spiro atoms. The van der Waals surface area contributed by atoms with Gasteiger partial charge in [-0.1, -0.05) is 115 Å². The molecule has 0 heterocycles. The number of hydrogen-bond donors (Lipinski definition) is 1. The van der Waals surface area contributed by atoms with Crippen molar-refractivity contribution >= 4 is 12.0 Å². The molecule has 0 aromatic heterocycles. The molecule has 0 aliphatic heterocycles. The number of hydrogen-bond acceptors (Lipinski definition) is 1. The van der Waals surface area contributed by atoms with Crippen molar-refractivity contribution in [2.24, 2.45) is 0 Å². The van der Waals surface area contributed by atoms with Gasteiger partial charge in [-0.2, -0.15) is 5.56 Å². The van der Waals surface area contributed by atoms with Crippen LogP contribution in [-0.4, -0.2) is 16.6 Å². The van der Waals surface area contributed by atoms with Crippen LogP contribution in [0.15, 0.2) is 30.3 Å². The molecule has 0 saturated carbocycles. The maximum Gasteiger partial charge on any atom is 0.303 e. The summed E-state index contributed by atoms with van der Waals surface area (Å²) in [6.45, 7) is 7.49. The molecule has 0 amide bonds. The monoisotopic (exact) mass is 453 g/mol. The van der Waals surface area contributed by atoms with Crippen LogP contribution in [0.2, 0.25) is 0 Å². The second-order valence-corrected chi connectivity index (χ2v) is 7.67. The number of benzene rings is 1. The third-order valence-electron chi connectivity index (χ3n) is 4.99. The minimum Gasteiger partial charge on any atom is -0.481 e. The van der Waals surface area contributed by atoms with Gasteiger partial charge in [-0.3, -0.25) is 11.4 Å².